The van der Waals surface area contributed by atoms with Crippen LogP contribution in [-0.2, 0) is 0 Å². The van der Waals surface area contributed by atoms with Crippen molar-refractivity contribution >= 4 is 38.7 Å². The first-order valence-electron chi connectivity index (χ1n) is 8.74. The summed E-state index contributed by atoms with van der Waals surface area (Å²) in [5.41, 5.74) is 6.98. The van der Waals surface area contributed by atoms with Gasteiger partial charge in [-0.3, -0.25) is 10.4 Å². The molecule has 0 unspecified atom stereocenters. The van der Waals surface area contributed by atoms with E-state index in [1.165, 1.54) is 0 Å². The summed E-state index contributed by atoms with van der Waals surface area (Å²) in [5.74, 6) is 0.893. The molecule has 1 heterocycles. The van der Waals surface area contributed by atoms with Crippen LogP contribution in [0.3, 0.4) is 0 Å². The minimum Gasteiger partial charge on any atom is -0.494 e. The molecular weight excluding hydrogens is 390 g/mol. The number of fused-ring (bicyclic) bond motifs is 1. The highest BCUT2D eigenvalue weighted by molar-refractivity contribution is 9.10. The van der Waals surface area contributed by atoms with E-state index < -0.39 is 0 Å². The Morgan fingerprint density at radius 3 is 2.73 bits per heavy atom. The molecule has 0 aliphatic rings. The summed E-state index contributed by atoms with van der Waals surface area (Å²) in [7, 11) is 0. The molecule has 4 nitrogen and oxygen atoms in total. The second-order valence-electron chi connectivity index (χ2n) is 6.11. The number of pyridine rings is 1. The van der Waals surface area contributed by atoms with Crippen LogP contribution in [0.15, 0.2) is 58.1 Å². The second-order valence-corrected chi connectivity index (χ2v) is 7.03. The average Bonchev–Trinajstić information content (AvgIpc) is 2.64. The Balaban J connectivity index is 1.70. The van der Waals surface area contributed by atoms with Crippen molar-refractivity contribution in [3.63, 3.8) is 0 Å². The molecule has 0 spiro atoms. The maximum Gasteiger partial charge on any atom is 0.119 e. The van der Waals surface area contributed by atoms with Crippen molar-refractivity contribution in [3.8, 4) is 5.75 Å². The monoisotopic (exact) mass is 411 g/mol. The number of unbranched alkanes of at least 4 members (excludes halogenated alkanes) is 1. The highest BCUT2D eigenvalue weighted by Crippen LogP contribution is 2.26. The van der Waals surface area contributed by atoms with Crippen LogP contribution in [0.1, 0.15) is 31.0 Å². The van der Waals surface area contributed by atoms with Gasteiger partial charge in [-0.2, -0.15) is 5.10 Å². The molecular formula is C21H22BrN3O. The van der Waals surface area contributed by atoms with Gasteiger partial charge >= 0.3 is 0 Å². The minimum absolute atomic E-state index is 0.759. The van der Waals surface area contributed by atoms with Gasteiger partial charge in [0.2, 0.25) is 0 Å². The van der Waals surface area contributed by atoms with Gasteiger partial charge < -0.3 is 4.74 Å². The lowest BCUT2D eigenvalue weighted by Crippen LogP contribution is -1.97. The quantitative estimate of drug-likeness (QED) is 0.297. The number of nitrogens with zero attached hydrogens (tertiary/aromatic N) is 2. The standard InChI is InChI=1S/C21H22BrN3O/c1-3-4-11-26-18-8-5-16(6-9-18)14-23-25-21-12-15(2)24-20-10-7-17(22)13-19(20)21/h5-10,12-14H,3-4,11H2,1-2H3,(H,24,25)/b23-14+. The molecule has 3 aromatic rings. The lowest BCUT2D eigenvalue weighted by Gasteiger charge is -2.08. The Morgan fingerprint density at radius 2 is 1.96 bits per heavy atom. The number of halogens is 1. The number of aromatic nitrogens is 1. The van der Waals surface area contributed by atoms with E-state index in [-0.39, 0.29) is 0 Å². The number of hydrazone groups is 1. The molecule has 0 fully saturated rings. The number of hydrogen-bond donors (Lipinski definition) is 1. The molecule has 0 saturated carbocycles. The van der Waals surface area contributed by atoms with Crippen LogP contribution in [0, 0.1) is 6.92 Å². The van der Waals surface area contributed by atoms with Gasteiger partial charge in [-0.15, -0.1) is 0 Å². The van der Waals surface area contributed by atoms with E-state index in [0.717, 1.165) is 57.5 Å². The van der Waals surface area contributed by atoms with Gasteiger partial charge in [0.1, 0.15) is 5.75 Å². The van der Waals surface area contributed by atoms with Gasteiger partial charge in [0.15, 0.2) is 0 Å². The smallest absolute Gasteiger partial charge is 0.119 e. The number of aryl methyl sites for hydroxylation is 1. The van der Waals surface area contributed by atoms with Crippen molar-refractivity contribution < 1.29 is 4.74 Å². The van der Waals surface area contributed by atoms with Gasteiger partial charge in [-0.05, 0) is 67.4 Å². The van der Waals surface area contributed by atoms with Gasteiger partial charge in [-0.1, -0.05) is 29.3 Å². The molecule has 0 atom stereocenters. The molecule has 0 saturated heterocycles. The summed E-state index contributed by atoms with van der Waals surface area (Å²) >= 11 is 3.51. The highest BCUT2D eigenvalue weighted by Gasteiger charge is 2.04. The lowest BCUT2D eigenvalue weighted by molar-refractivity contribution is 0.309. The first-order chi connectivity index (χ1) is 12.7. The summed E-state index contributed by atoms with van der Waals surface area (Å²) in [5, 5.41) is 5.41. The summed E-state index contributed by atoms with van der Waals surface area (Å²) in [4.78, 5) is 4.56. The Kier molecular flexibility index (Phi) is 6.23. The Hall–Kier alpha value is -2.40. The largest absolute Gasteiger partial charge is 0.494 e. The fourth-order valence-electron chi connectivity index (χ4n) is 2.58. The van der Waals surface area contributed by atoms with Gasteiger partial charge in [0.25, 0.3) is 0 Å². The molecule has 0 aliphatic carbocycles. The number of ether oxygens (including phenoxy) is 1. The molecule has 26 heavy (non-hydrogen) atoms. The van der Waals surface area contributed by atoms with Gasteiger partial charge in [0.05, 0.1) is 24.0 Å². The zero-order valence-electron chi connectivity index (χ0n) is 15.0. The average molecular weight is 412 g/mol. The molecule has 0 amide bonds. The zero-order chi connectivity index (χ0) is 18.4. The maximum atomic E-state index is 5.68. The van der Waals surface area contributed by atoms with Crippen molar-refractivity contribution in [2.75, 3.05) is 12.0 Å². The summed E-state index contributed by atoms with van der Waals surface area (Å²) in [6.07, 6.45) is 4.01. The van der Waals surface area contributed by atoms with E-state index in [2.05, 4.69) is 38.4 Å². The molecule has 0 bridgehead atoms. The predicted octanol–water partition coefficient (Wildman–Crippen LogP) is 5.93. The number of anilines is 1. The van der Waals surface area contributed by atoms with Crippen molar-refractivity contribution in [3.05, 3.63) is 64.3 Å². The van der Waals surface area contributed by atoms with E-state index in [4.69, 9.17) is 4.74 Å². The third-order valence-electron chi connectivity index (χ3n) is 3.94. The van der Waals surface area contributed by atoms with Crippen LogP contribution in [0.4, 0.5) is 5.69 Å². The van der Waals surface area contributed by atoms with E-state index in [0.29, 0.717) is 0 Å². The third kappa shape index (κ3) is 4.82. The van der Waals surface area contributed by atoms with Gasteiger partial charge in [0, 0.05) is 15.6 Å². The van der Waals surface area contributed by atoms with Crippen LogP contribution < -0.4 is 10.2 Å². The molecule has 0 radical (unpaired) electrons. The van der Waals surface area contributed by atoms with Crippen LogP contribution in [0.25, 0.3) is 10.9 Å². The second kappa shape index (κ2) is 8.81. The van der Waals surface area contributed by atoms with Crippen molar-refractivity contribution in [1.29, 1.82) is 0 Å². The number of hydrogen-bond acceptors (Lipinski definition) is 4. The zero-order valence-corrected chi connectivity index (χ0v) is 16.6. The number of rotatable bonds is 7. The van der Waals surface area contributed by atoms with Crippen LogP contribution >= 0.6 is 15.9 Å². The maximum absolute atomic E-state index is 5.68. The summed E-state index contributed by atoms with van der Waals surface area (Å²) in [6, 6.07) is 16.0. The first kappa shape index (κ1) is 18.4. The Morgan fingerprint density at radius 1 is 1.15 bits per heavy atom. The molecule has 1 N–H and O–H groups in total. The predicted molar refractivity (Wildman–Crippen MR) is 112 cm³/mol. The normalized spacial score (nSPS) is 11.2. The van der Waals surface area contributed by atoms with Crippen LogP contribution in [0.5, 0.6) is 5.75 Å². The molecule has 0 aliphatic heterocycles. The Labute approximate surface area is 162 Å². The van der Waals surface area contributed by atoms with E-state index in [9.17, 15) is 0 Å². The lowest BCUT2D eigenvalue weighted by atomic mass is 10.1. The fraction of sp³-hybridized carbons (Fsp3) is 0.238. The minimum atomic E-state index is 0.759. The third-order valence-corrected chi connectivity index (χ3v) is 4.44. The summed E-state index contributed by atoms with van der Waals surface area (Å²) < 4.78 is 6.69. The molecule has 3 rings (SSSR count). The van der Waals surface area contributed by atoms with Crippen molar-refractivity contribution in [1.82, 2.24) is 4.98 Å². The fourth-order valence-corrected chi connectivity index (χ4v) is 2.94. The molecule has 134 valence electrons. The molecule has 2 aromatic carbocycles. The van der Waals surface area contributed by atoms with Gasteiger partial charge in [-0.25, -0.2) is 0 Å². The molecule has 1 aromatic heterocycles. The highest BCUT2D eigenvalue weighted by atomic mass is 79.9. The number of nitrogens with one attached hydrogen (secondary N) is 1. The van der Waals surface area contributed by atoms with Crippen LogP contribution in [0.2, 0.25) is 0 Å². The molecule has 5 heteroatoms. The first-order valence-corrected chi connectivity index (χ1v) is 9.54. The van der Waals surface area contributed by atoms with E-state index in [1.54, 1.807) is 6.21 Å². The van der Waals surface area contributed by atoms with Crippen molar-refractivity contribution in [2.24, 2.45) is 5.10 Å². The topological polar surface area (TPSA) is 46.5 Å². The van der Waals surface area contributed by atoms with E-state index in [1.807, 2.05) is 55.5 Å². The Bertz CT molecular complexity index is 907. The number of benzene rings is 2. The van der Waals surface area contributed by atoms with Crippen LogP contribution in [-0.4, -0.2) is 17.8 Å². The van der Waals surface area contributed by atoms with E-state index >= 15 is 0 Å². The van der Waals surface area contributed by atoms with Crippen molar-refractivity contribution in [2.45, 2.75) is 26.7 Å². The SMILES string of the molecule is CCCCOc1ccc(/C=N/Nc2cc(C)nc3ccc(Br)cc23)cc1. The summed E-state index contributed by atoms with van der Waals surface area (Å²) in [6.45, 7) is 4.89.